The lowest BCUT2D eigenvalue weighted by atomic mass is 9.83. The van der Waals surface area contributed by atoms with E-state index in [1.807, 2.05) is 0 Å². The highest BCUT2D eigenvalue weighted by Gasteiger charge is 2.52. The van der Waals surface area contributed by atoms with Gasteiger partial charge in [0, 0.05) is 23.4 Å². The van der Waals surface area contributed by atoms with Crippen LogP contribution in [0.3, 0.4) is 0 Å². The van der Waals surface area contributed by atoms with Gasteiger partial charge in [0.15, 0.2) is 0 Å². The quantitative estimate of drug-likeness (QED) is 0.315. The van der Waals surface area contributed by atoms with Crippen LogP contribution in [0.25, 0.3) is 11.1 Å². The first-order valence-corrected chi connectivity index (χ1v) is 14.5. The highest BCUT2D eigenvalue weighted by molar-refractivity contribution is 7.92. The Hall–Kier alpha value is -4.13. The van der Waals surface area contributed by atoms with Gasteiger partial charge in [-0.05, 0) is 73.1 Å². The molecule has 42 heavy (non-hydrogen) atoms. The van der Waals surface area contributed by atoms with Crippen LogP contribution >= 0.6 is 0 Å². The molecule has 2 amide bonds. The number of methoxy groups -OCH3 is 1. The predicted octanol–water partition coefficient (Wildman–Crippen LogP) is 5.28. The molecule has 0 heterocycles. The molecule has 2 aliphatic rings. The van der Waals surface area contributed by atoms with Gasteiger partial charge in [-0.2, -0.15) is 13.2 Å². The monoisotopic (exact) mass is 606 g/mol. The Balaban J connectivity index is 1.40. The first kappa shape index (κ1) is 29.4. The number of alkyl halides is 3. The van der Waals surface area contributed by atoms with Crippen LogP contribution in [-0.2, 0) is 14.6 Å². The Bertz CT molecular complexity index is 1660. The number of benzene rings is 3. The third-order valence-electron chi connectivity index (χ3n) is 7.92. The van der Waals surface area contributed by atoms with Gasteiger partial charge in [0.2, 0.25) is 5.91 Å². The number of nitrogens with one attached hydrogen (secondary N) is 2. The lowest BCUT2D eigenvalue weighted by Gasteiger charge is -2.31. The zero-order chi connectivity index (χ0) is 30.4. The highest BCUT2D eigenvalue weighted by Crippen LogP contribution is 2.49. The lowest BCUT2D eigenvalue weighted by Crippen LogP contribution is -2.48. The molecule has 2 aliphatic carbocycles. The number of fused-ring (bicyclic) bond motifs is 2. The van der Waals surface area contributed by atoms with Crippen LogP contribution < -0.4 is 15.4 Å². The van der Waals surface area contributed by atoms with Crippen molar-refractivity contribution in [2.75, 3.05) is 12.4 Å². The zero-order valence-electron chi connectivity index (χ0n) is 22.1. The van der Waals surface area contributed by atoms with Crippen molar-refractivity contribution in [3.63, 3.8) is 0 Å². The van der Waals surface area contributed by atoms with Gasteiger partial charge in [0.05, 0.1) is 23.5 Å². The van der Waals surface area contributed by atoms with E-state index in [4.69, 9.17) is 4.74 Å². The van der Waals surface area contributed by atoms with Crippen LogP contribution in [0.4, 0.5) is 23.2 Å². The Kier molecular flexibility index (Phi) is 7.64. The minimum atomic E-state index is -5.62. The molecule has 2 bridgehead atoms. The van der Waals surface area contributed by atoms with Crippen LogP contribution in [0.5, 0.6) is 11.5 Å². The van der Waals surface area contributed by atoms with Gasteiger partial charge in [-0.3, -0.25) is 9.59 Å². The van der Waals surface area contributed by atoms with Gasteiger partial charge in [-0.25, -0.2) is 12.8 Å². The predicted molar refractivity (Wildman–Crippen MR) is 144 cm³/mol. The van der Waals surface area contributed by atoms with Crippen LogP contribution in [0.2, 0.25) is 0 Å². The maximum absolute atomic E-state index is 14.9. The van der Waals surface area contributed by atoms with E-state index in [1.165, 1.54) is 37.4 Å². The van der Waals surface area contributed by atoms with Crippen molar-refractivity contribution in [1.29, 1.82) is 0 Å². The SMILES string of the molecule is COc1cc(F)c(-c2cccc(O)c2)cc1C(=O)N[C@@H]1[C@H]2CC[C@H](C2)[C@@H]1C(=O)Nc1cccc(S(=O)(=O)C(F)(F)F)c1. The smallest absolute Gasteiger partial charge is 0.501 e. The van der Waals surface area contributed by atoms with Crippen LogP contribution in [-0.4, -0.2) is 44.0 Å². The first-order chi connectivity index (χ1) is 19.8. The zero-order valence-corrected chi connectivity index (χ0v) is 22.9. The summed E-state index contributed by atoms with van der Waals surface area (Å²) in [7, 11) is -4.34. The van der Waals surface area contributed by atoms with Gasteiger partial charge in [0.1, 0.15) is 17.3 Å². The normalized spacial score (nSPS) is 21.6. The number of amides is 2. The molecule has 3 aromatic rings. The summed E-state index contributed by atoms with van der Waals surface area (Å²) in [5, 5.41) is 15.2. The standard InChI is InChI=1S/C29H26F4N2O6S/c1-41-24-14-23(30)21(15-4-2-6-19(36)11-15)13-22(24)27(37)35-26-17-9-8-16(10-17)25(26)28(38)34-18-5-3-7-20(12-18)42(39,40)29(31,32)33/h2-7,11-14,16-17,25-26,36H,8-10H2,1H3,(H,34,38)(H,35,37)/t16-,17+,25+,26-/m1/s1. The number of phenolic OH excluding ortho intramolecular Hbond substituents is 1. The summed E-state index contributed by atoms with van der Waals surface area (Å²) in [5.41, 5.74) is -5.25. The molecule has 2 saturated carbocycles. The maximum Gasteiger partial charge on any atom is 0.501 e. The van der Waals surface area contributed by atoms with E-state index in [-0.39, 0.29) is 40.1 Å². The molecule has 0 unspecified atom stereocenters. The number of aromatic hydroxyl groups is 1. The number of phenols is 1. The van der Waals surface area contributed by atoms with E-state index in [2.05, 4.69) is 10.6 Å². The number of carbonyl (C=O) groups is 2. The second kappa shape index (κ2) is 10.9. The summed E-state index contributed by atoms with van der Waals surface area (Å²) in [6.45, 7) is 0. The molecule has 2 fully saturated rings. The summed E-state index contributed by atoms with van der Waals surface area (Å²) in [5.74, 6) is -2.91. The second-order valence-electron chi connectivity index (χ2n) is 10.4. The van der Waals surface area contributed by atoms with Crippen molar-refractivity contribution in [3.05, 3.63) is 72.0 Å². The Morgan fingerprint density at radius 1 is 1.00 bits per heavy atom. The van der Waals surface area contributed by atoms with Gasteiger partial charge >= 0.3 is 5.51 Å². The van der Waals surface area contributed by atoms with E-state index in [9.17, 15) is 40.7 Å². The number of carbonyl (C=O) groups excluding carboxylic acids is 2. The molecule has 0 saturated heterocycles. The Labute approximate surface area is 238 Å². The average Bonchev–Trinajstić information content (AvgIpc) is 3.54. The van der Waals surface area contributed by atoms with E-state index in [0.717, 1.165) is 30.7 Å². The highest BCUT2D eigenvalue weighted by atomic mass is 32.2. The largest absolute Gasteiger partial charge is 0.508 e. The molecular weight excluding hydrogens is 580 g/mol. The van der Waals surface area contributed by atoms with Gasteiger partial charge < -0.3 is 20.5 Å². The fourth-order valence-corrected chi connectivity index (χ4v) is 6.81. The fraction of sp³-hybridized carbons (Fsp3) is 0.310. The molecule has 8 nitrogen and oxygen atoms in total. The average molecular weight is 607 g/mol. The molecule has 5 rings (SSSR count). The van der Waals surface area contributed by atoms with E-state index >= 15 is 0 Å². The van der Waals surface area contributed by atoms with Crippen LogP contribution in [0.1, 0.15) is 29.6 Å². The third-order valence-corrected chi connectivity index (χ3v) is 9.41. The summed E-state index contributed by atoms with van der Waals surface area (Å²) in [6, 6.07) is 11.5. The van der Waals surface area contributed by atoms with Gasteiger partial charge in [-0.15, -0.1) is 0 Å². The second-order valence-corrected chi connectivity index (χ2v) is 12.3. The van der Waals surface area contributed by atoms with Crippen molar-refractivity contribution in [3.8, 4) is 22.6 Å². The maximum atomic E-state index is 14.9. The Morgan fingerprint density at radius 3 is 2.40 bits per heavy atom. The number of halogens is 4. The molecule has 13 heteroatoms. The molecule has 0 spiro atoms. The van der Waals surface area contributed by atoms with Gasteiger partial charge in [0.25, 0.3) is 15.7 Å². The van der Waals surface area contributed by atoms with E-state index in [0.29, 0.717) is 18.4 Å². The summed E-state index contributed by atoms with van der Waals surface area (Å²) in [6.07, 6.45) is 2.09. The molecule has 0 aromatic heterocycles. The minimum absolute atomic E-state index is 0.00392. The van der Waals surface area contributed by atoms with Gasteiger partial charge in [-0.1, -0.05) is 18.2 Å². The van der Waals surface area contributed by atoms with Crippen molar-refractivity contribution in [2.45, 2.75) is 35.7 Å². The van der Waals surface area contributed by atoms with Crippen molar-refractivity contribution in [1.82, 2.24) is 5.32 Å². The van der Waals surface area contributed by atoms with Crippen molar-refractivity contribution >= 4 is 27.3 Å². The van der Waals surface area contributed by atoms with Crippen LogP contribution in [0.15, 0.2) is 65.6 Å². The molecule has 4 atom stereocenters. The van der Waals surface area contributed by atoms with Crippen molar-refractivity contribution in [2.24, 2.45) is 17.8 Å². The lowest BCUT2D eigenvalue weighted by molar-refractivity contribution is -0.122. The molecule has 222 valence electrons. The van der Waals surface area contributed by atoms with Crippen LogP contribution in [0, 0.1) is 23.6 Å². The number of anilines is 1. The number of sulfone groups is 1. The summed E-state index contributed by atoms with van der Waals surface area (Å²) < 4.78 is 82.9. The Morgan fingerprint density at radius 2 is 1.71 bits per heavy atom. The number of ether oxygens (including phenoxy) is 1. The number of hydrogen-bond acceptors (Lipinski definition) is 6. The summed E-state index contributed by atoms with van der Waals surface area (Å²) >= 11 is 0. The topological polar surface area (TPSA) is 122 Å². The number of rotatable bonds is 7. The third kappa shape index (κ3) is 5.40. The molecule has 0 radical (unpaired) electrons. The number of hydrogen-bond donors (Lipinski definition) is 3. The molecule has 3 N–H and O–H groups in total. The molecule has 3 aromatic carbocycles. The first-order valence-electron chi connectivity index (χ1n) is 13.0. The summed E-state index contributed by atoms with van der Waals surface area (Å²) in [4.78, 5) is 25.9. The molecule has 0 aliphatic heterocycles. The van der Waals surface area contributed by atoms with Crippen molar-refractivity contribution < 1.29 is 45.4 Å². The minimum Gasteiger partial charge on any atom is -0.508 e. The fourth-order valence-electron chi connectivity index (χ4n) is 6.00. The van der Waals surface area contributed by atoms with E-state index in [1.54, 1.807) is 6.07 Å². The van der Waals surface area contributed by atoms with E-state index < -0.39 is 49.8 Å². The molecular formula is C29H26F4N2O6S.